The Balaban J connectivity index is 1.89. The molecule has 0 amide bonds. The minimum atomic E-state index is -8.91. The lowest BCUT2D eigenvalue weighted by atomic mass is 9.91. The lowest BCUT2D eigenvalue weighted by molar-refractivity contribution is -0.458. The Morgan fingerprint density at radius 3 is 1.76 bits per heavy atom. The number of aromatic nitrogens is 2. The molecular weight excluding hydrogens is 785 g/mol. The molecule has 28 heteroatoms. The molecule has 1 saturated heterocycles. The van der Waals surface area contributed by atoms with Crippen molar-refractivity contribution in [3.8, 4) is 0 Å². The minimum Gasteiger partial charge on any atom is -0.342 e. The molecule has 0 radical (unpaired) electrons. The molecule has 0 aliphatic carbocycles. The summed E-state index contributed by atoms with van der Waals surface area (Å²) in [6.45, 7) is -2.66. The van der Waals surface area contributed by atoms with Crippen molar-refractivity contribution in [2.45, 2.75) is 66.4 Å². The maximum Gasteiger partial charge on any atom is 0.460 e. The van der Waals surface area contributed by atoms with E-state index >= 15 is 0 Å². The summed E-state index contributed by atoms with van der Waals surface area (Å²) in [5, 5.41) is 3.41. The van der Waals surface area contributed by atoms with Crippen LogP contribution in [0.3, 0.4) is 0 Å². The number of nitrogens with zero attached hydrogens (tertiary/aromatic N) is 5. The first-order valence-corrected chi connectivity index (χ1v) is 15.0. The van der Waals surface area contributed by atoms with Gasteiger partial charge in [-0.05, 0) is 6.92 Å². The van der Waals surface area contributed by atoms with Gasteiger partial charge in [-0.3, -0.25) is 10.1 Å². The summed E-state index contributed by atoms with van der Waals surface area (Å²) in [5.74, 6) is -52.1. The predicted octanol–water partition coefficient (Wildman–Crippen LogP) is 6.84. The minimum absolute atomic E-state index is 0.0775. The normalized spacial score (nSPS) is 18.4. The second-order valence-electron chi connectivity index (χ2n) is 10.4. The van der Waals surface area contributed by atoms with E-state index in [0.717, 1.165) is 17.9 Å². The molecule has 284 valence electrons. The zero-order valence-electron chi connectivity index (χ0n) is 23.8. The van der Waals surface area contributed by atoms with Crippen molar-refractivity contribution < 1.29 is 88.0 Å². The van der Waals surface area contributed by atoms with E-state index in [1.165, 1.54) is 18.2 Å². The number of nitro benzene ring substituents is 1. The molecular formula is C22H16F17N5O4S2. The highest BCUT2D eigenvalue weighted by Gasteiger charge is 2.96. The number of nitro groups is 1. The molecule has 1 unspecified atom stereocenters. The van der Waals surface area contributed by atoms with E-state index in [0.29, 0.717) is 11.5 Å². The molecule has 1 aliphatic rings. The second-order valence-corrected chi connectivity index (χ2v) is 13.1. The average molecular weight is 802 g/mol. The van der Waals surface area contributed by atoms with Gasteiger partial charge < -0.3 is 4.90 Å². The Hall–Kier alpha value is -3.30. The van der Waals surface area contributed by atoms with Crippen molar-refractivity contribution in [2.24, 2.45) is 0 Å². The zero-order chi connectivity index (χ0) is 38.9. The summed E-state index contributed by atoms with van der Waals surface area (Å²) < 4.78 is 260. The van der Waals surface area contributed by atoms with Gasteiger partial charge in [0, 0.05) is 55.3 Å². The van der Waals surface area contributed by atoms with E-state index in [2.05, 4.69) is 9.36 Å². The van der Waals surface area contributed by atoms with Gasteiger partial charge in [-0.2, -0.15) is 83.3 Å². The third-order valence-electron chi connectivity index (χ3n) is 7.19. The van der Waals surface area contributed by atoms with Gasteiger partial charge in [-0.25, -0.2) is 13.4 Å². The maximum absolute atomic E-state index is 14.7. The molecule has 0 N–H and O–H groups in total. The monoisotopic (exact) mass is 801 g/mol. The molecule has 1 aromatic carbocycles. The molecule has 1 aromatic heterocycles. The molecule has 2 heterocycles. The maximum atomic E-state index is 14.7. The Labute approximate surface area is 271 Å². The van der Waals surface area contributed by atoms with Crippen LogP contribution in [-0.4, -0.2) is 99.6 Å². The fraction of sp³-hybridized carbons (Fsp3) is 0.636. The number of anilines is 1. The predicted molar refractivity (Wildman–Crippen MR) is 134 cm³/mol. The number of para-hydroxylation sites is 1. The number of hydrogen-bond donors (Lipinski definition) is 0. The molecule has 2 aromatic rings. The molecule has 1 fully saturated rings. The first-order chi connectivity index (χ1) is 22.3. The van der Waals surface area contributed by atoms with Crippen LogP contribution >= 0.6 is 11.5 Å². The molecule has 0 spiro atoms. The summed E-state index contributed by atoms with van der Waals surface area (Å²) in [7, 11) is -7.43. The molecule has 0 bridgehead atoms. The first-order valence-electron chi connectivity index (χ1n) is 12.8. The molecule has 1 atom stereocenters. The summed E-state index contributed by atoms with van der Waals surface area (Å²) in [5.41, 5.74) is -0.222. The van der Waals surface area contributed by atoms with Crippen LogP contribution in [0, 0.1) is 10.1 Å². The third-order valence-corrected chi connectivity index (χ3v) is 9.89. The summed E-state index contributed by atoms with van der Waals surface area (Å²) in [6.07, 6.45) is -8.17. The van der Waals surface area contributed by atoms with Gasteiger partial charge in [0.25, 0.3) is 15.7 Å². The van der Waals surface area contributed by atoms with Crippen molar-refractivity contribution in [2.75, 3.05) is 24.5 Å². The Morgan fingerprint density at radius 1 is 0.800 bits per heavy atom. The lowest BCUT2D eigenvalue weighted by Crippen LogP contribution is -2.75. The fourth-order valence-electron chi connectivity index (χ4n) is 4.34. The summed E-state index contributed by atoms with van der Waals surface area (Å²) in [6, 6.07) is 3.81. The largest absolute Gasteiger partial charge is 0.460 e. The van der Waals surface area contributed by atoms with Gasteiger partial charge >= 0.3 is 47.0 Å². The molecule has 3 rings (SSSR count). The van der Waals surface area contributed by atoms with Gasteiger partial charge in [0.2, 0.25) is 5.13 Å². The quantitative estimate of drug-likeness (QED) is 0.131. The summed E-state index contributed by atoms with van der Waals surface area (Å²) >= 11 is 0.546. The van der Waals surface area contributed by atoms with Crippen LogP contribution in [0.5, 0.6) is 0 Å². The van der Waals surface area contributed by atoms with E-state index < -0.39 is 91.9 Å². The van der Waals surface area contributed by atoms with Crippen LogP contribution in [0.25, 0.3) is 0 Å². The van der Waals surface area contributed by atoms with E-state index in [-0.39, 0.29) is 28.6 Å². The lowest BCUT2D eigenvalue weighted by Gasteiger charge is -2.44. The highest BCUT2D eigenvalue weighted by atomic mass is 32.2. The van der Waals surface area contributed by atoms with Crippen LogP contribution in [0.4, 0.5) is 85.5 Å². The van der Waals surface area contributed by atoms with Crippen LogP contribution in [-0.2, 0) is 16.4 Å². The molecule has 0 saturated carbocycles. The van der Waals surface area contributed by atoms with Crippen LogP contribution in [0.15, 0.2) is 24.3 Å². The molecule has 50 heavy (non-hydrogen) atoms. The molecule has 1 aliphatic heterocycles. The van der Waals surface area contributed by atoms with Crippen LogP contribution in [0.1, 0.15) is 18.3 Å². The number of rotatable bonds is 12. The van der Waals surface area contributed by atoms with Gasteiger partial charge in [0.1, 0.15) is 5.82 Å². The van der Waals surface area contributed by atoms with Crippen molar-refractivity contribution >= 4 is 32.4 Å². The smallest absolute Gasteiger partial charge is 0.342 e. The van der Waals surface area contributed by atoms with Gasteiger partial charge in [-0.15, -0.1) is 0 Å². The average Bonchev–Trinajstić information content (AvgIpc) is 3.43. The second kappa shape index (κ2) is 12.4. The highest BCUT2D eigenvalue weighted by Crippen LogP contribution is 2.64. The Kier molecular flexibility index (Phi) is 10.2. The number of sulfonamides is 1. The number of piperazine rings is 1. The fourth-order valence-corrected chi connectivity index (χ4v) is 6.67. The SMILES string of the molecule is CC1CN(S(=O)(=O)C(F)(F)C(F)(F)C(F)(F)C(F)(F)C(F)(F)C(F)(F)C(F)(F)C(F)(F)F)CCN1c1nc(Cc2ccccc2[N+](=O)[O-])ns1. The van der Waals surface area contributed by atoms with E-state index in [4.69, 9.17) is 0 Å². The zero-order valence-corrected chi connectivity index (χ0v) is 25.5. The topological polar surface area (TPSA) is 110 Å². The van der Waals surface area contributed by atoms with Gasteiger partial charge in [0.15, 0.2) is 0 Å². The van der Waals surface area contributed by atoms with Crippen molar-refractivity contribution in [1.29, 1.82) is 0 Å². The summed E-state index contributed by atoms with van der Waals surface area (Å²) in [4.78, 5) is 15.6. The number of hydrogen-bond acceptors (Lipinski definition) is 8. The van der Waals surface area contributed by atoms with Crippen LogP contribution in [0.2, 0.25) is 0 Å². The molecule has 9 nitrogen and oxygen atoms in total. The number of alkyl halides is 17. The van der Waals surface area contributed by atoms with E-state index in [9.17, 15) is 93.2 Å². The third kappa shape index (κ3) is 5.96. The van der Waals surface area contributed by atoms with Gasteiger partial charge in [-0.1, -0.05) is 18.2 Å². The van der Waals surface area contributed by atoms with Crippen molar-refractivity contribution in [1.82, 2.24) is 13.7 Å². The Bertz CT molecular complexity index is 1700. The van der Waals surface area contributed by atoms with Gasteiger partial charge in [0.05, 0.1) is 4.92 Å². The standard InChI is InChI=1S/C22H16F17N5O4S2/c1-10-9-42(6-7-43(10)14-40-13(41-49-14)8-11-4-2-3-5-12(11)44(45)46)50(47,48)22(38,39)20(33,34)18(29,30)16(25,26)15(23,24)17(27,28)19(31,32)21(35,36)37/h2-5,10H,6-9H2,1H3. The van der Waals surface area contributed by atoms with Crippen molar-refractivity contribution in [3.05, 3.63) is 45.8 Å². The van der Waals surface area contributed by atoms with E-state index in [1.807, 2.05) is 0 Å². The number of halogens is 17. The Morgan fingerprint density at radius 2 is 1.28 bits per heavy atom. The first kappa shape index (κ1) is 41.1. The van der Waals surface area contributed by atoms with Crippen LogP contribution < -0.4 is 4.90 Å². The van der Waals surface area contributed by atoms with E-state index in [1.54, 1.807) is 0 Å². The van der Waals surface area contributed by atoms with Crippen molar-refractivity contribution in [3.63, 3.8) is 0 Å². The number of benzene rings is 1. The highest BCUT2D eigenvalue weighted by molar-refractivity contribution is 7.90.